The Morgan fingerprint density at radius 2 is 1.40 bits per heavy atom. The van der Waals surface area contributed by atoms with E-state index in [1.807, 2.05) is 0 Å². The molecule has 0 aliphatic heterocycles. The Morgan fingerprint density at radius 3 is 1.40 bits per heavy atom. The third-order valence-electron chi connectivity index (χ3n) is 0. The molecule has 0 rings (SSSR count). The second kappa shape index (κ2) is 4.39. The first kappa shape index (κ1) is 9.04. The molecule has 0 aliphatic carbocycles. The van der Waals surface area contributed by atoms with Crippen LogP contribution < -0.4 is 5.40 Å². The van der Waals surface area contributed by atoms with E-state index in [2.05, 4.69) is 13.1 Å². The van der Waals surface area contributed by atoms with Gasteiger partial charge in [0.2, 0.25) is 0 Å². The summed E-state index contributed by atoms with van der Waals surface area (Å²) < 4.78 is 0. The van der Waals surface area contributed by atoms with Gasteiger partial charge >= 0.3 is 0 Å². The van der Waals surface area contributed by atoms with Gasteiger partial charge in [-0.2, -0.15) is 0 Å². The highest BCUT2D eigenvalue weighted by atomic mass is 28.3. The Balaban J connectivity index is 0. The van der Waals surface area contributed by atoms with Gasteiger partial charge in [-0.1, -0.05) is 13.1 Å². The maximum Gasteiger partial charge on any atom is 0.0995 e. The fraction of sp³-hybridized carbons (Fsp3) is 1.00. The molecule has 0 heterocycles. The van der Waals surface area contributed by atoms with Gasteiger partial charge in [0.15, 0.2) is 0 Å². The highest BCUT2D eigenvalue weighted by molar-refractivity contribution is 6.51. The molecule has 0 spiro atoms. The van der Waals surface area contributed by atoms with Gasteiger partial charge in [-0.05, 0) is 11.0 Å². The molecule has 3 heteroatoms. The van der Waals surface area contributed by atoms with Crippen LogP contribution in [0.4, 0.5) is 0 Å². The second-order valence-corrected chi connectivity index (χ2v) is 3.73. The SMILES string of the molecule is C[SiH](C)N.[SiH4]. The van der Waals surface area contributed by atoms with E-state index in [0.29, 0.717) is 0 Å². The lowest BCUT2D eigenvalue weighted by Crippen LogP contribution is -2.13. The van der Waals surface area contributed by atoms with E-state index >= 15 is 0 Å². The molecule has 0 bridgehead atoms. The summed E-state index contributed by atoms with van der Waals surface area (Å²) >= 11 is 0. The normalized spacial score (nSPS) is 7.20. The first-order valence-electron chi connectivity index (χ1n) is 1.49. The highest BCUT2D eigenvalue weighted by Crippen LogP contribution is 1.53. The summed E-state index contributed by atoms with van der Waals surface area (Å²) in [7, 11) is -0.639. The standard InChI is InChI=1S/C2H9NSi.H4Si/c1-4(2)3;/h4H,3H2,1-2H3;1H4. The van der Waals surface area contributed by atoms with Crippen molar-refractivity contribution in [2.24, 2.45) is 5.40 Å². The predicted octanol–water partition coefficient (Wildman–Crippen LogP) is -1.52. The van der Waals surface area contributed by atoms with E-state index in [0.717, 1.165) is 0 Å². The monoisotopic (exact) mass is 107 g/mol. The summed E-state index contributed by atoms with van der Waals surface area (Å²) in [5.41, 5.74) is 0. The molecule has 34 valence electrons. The molecule has 0 atom stereocenters. The Hall–Kier alpha value is 0.394. The van der Waals surface area contributed by atoms with Crippen molar-refractivity contribution in [3.05, 3.63) is 0 Å². The molecule has 0 radical (unpaired) electrons. The highest BCUT2D eigenvalue weighted by Gasteiger charge is 1.71. The minimum absolute atomic E-state index is 0. The van der Waals surface area contributed by atoms with Gasteiger partial charge in [0, 0.05) is 0 Å². The van der Waals surface area contributed by atoms with Crippen LogP contribution in [0.25, 0.3) is 0 Å². The fourth-order valence-corrected chi connectivity index (χ4v) is 0. The van der Waals surface area contributed by atoms with E-state index < -0.39 is 8.96 Å². The van der Waals surface area contributed by atoms with E-state index in [-0.39, 0.29) is 11.0 Å². The fourth-order valence-electron chi connectivity index (χ4n) is 0. The van der Waals surface area contributed by atoms with Gasteiger partial charge in [-0.25, -0.2) is 0 Å². The van der Waals surface area contributed by atoms with Gasteiger partial charge in [0.05, 0.1) is 8.96 Å². The van der Waals surface area contributed by atoms with Crippen molar-refractivity contribution in [1.82, 2.24) is 0 Å². The maximum atomic E-state index is 5.25. The summed E-state index contributed by atoms with van der Waals surface area (Å²) in [6, 6.07) is 0. The summed E-state index contributed by atoms with van der Waals surface area (Å²) in [4.78, 5) is 0. The molecular weight excluding hydrogens is 94.2 g/mol. The minimum atomic E-state index is -0.639. The van der Waals surface area contributed by atoms with Gasteiger partial charge < -0.3 is 5.40 Å². The summed E-state index contributed by atoms with van der Waals surface area (Å²) in [6.07, 6.45) is 0. The lowest BCUT2D eigenvalue weighted by atomic mass is 11.9. The topological polar surface area (TPSA) is 26.0 Å². The molecule has 0 aliphatic rings. The van der Waals surface area contributed by atoms with Crippen molar-refractivity contribution in [3.63, 3.8) is 0 Å². The van der Waals surface area contributed by atoms with Crippen LogP contribution in [-0.2, 0) is 0 Å². The molecular formula is C2H13NSi2. The summed E-state index contributed by atoms with van der Waals surface area (Å²) in [5.74, 6) is 0. The Morgan fingerprint density at radius 1 is 1.40 bits per heavy atom. The quantitative estimate of drug-likeness (QED) is 0.374. The van der Waals surface area contributed by atoms with Gasteiger partial charge in [0.1, 0.15) is 0 Å². The zero-order chi connectivity index (χ0) is 3.58. The van der Waals surface area contributed by atoms with Crippen molar-refractivity contribution >= 4 is 19.9 Å². The molecule has 0 amide bonds. The number of hydrogen-bond acceptors (Lipinski definition) is 1. The third-order valence-corrected chi connectivity index (χ3v) is 0. The minimum Gasteiger partial charge on any atom is -0.353 e. The van der Waals surface area contributed by atoms with Crippen molar-refractivity contribution in [2.45, 2.75) is 13.1 Å². The molecule has 0 aromatic carbocycles. The lowest BCUT2D eigenvalue weighted by Gasteiger charge is -1.77. The van der Waals surface area contributed by atoms with Gasteiger partial charge in [-0.3, -0.25) is 0 Å². The predicted molar refractivity (Wildman–Crippen MR) is 34.4 cm³/mol. The average molecular weight is 107 g/mol. The molecule has 2 N–H and O–H groups in total. The molecule has 0 saturated carbocycles. The molecule has 0 aromatic rings. The molecule has 0 saturated heterocycles. The molecule has 0 aromatic heterocycles. The van der Waals surface area contributed by atoms with Crippen molar-refractivity contribution < 1.29 is 0 Å². The van der Waals surface area contributed by atoms with Crippen LogP contribution in [0.2, 0.25) is 13.1 Å². The van der Waals surface area contributed by atoms with Crippen LogP contribution in [0.15, 0.2) is 0 Å². The van der Waals surface area contributed by atoms with Crippen LogP contribution >= 0.6 is 0 Å². The van der Waals surface area contributed by atoms with Crippen molar-refractivity contribution in [1.29, 1.82) is 0 Å². The zero-order valence-electron chi connectivity index (χ0n) is 3.15. The maximum absolute atomic E-state index is 5.25. The van der Waals surface area contributed by atoms with E-state index in [9.17, 15) is 0 Å². The van der Waals surface area contributed by atoms with E-state index in [4.69, 9.17) is 5.40 Å². The van der Waals surface area contributed by atoms with Crippen LogP contribution in [0.3, 0.4) is 0 Å². The molecule has 1 nitrogen and oxygen atoms in total. The number of hydrogen-bond donors (Lipinski definition) is 1. The largest absolute Gasteiger partial charge is 0.353 e. The van der Waals surface area contributed by atoms with Crippen molar-refractivity contribution in [3.8, 4) is 0 Å². The lowest BCUT2D eigenvalue weighted by molar-refractivity contribution is 1.74. The summed E-state index contributed by atoms with van der Waals surface area (Å²) in [6.45, 7) is 4.17. The Kier molecular flexibility index (Phi) is 7.94. The van der Waals surface area contributed by atoms with Crippen LogP contribution in [0.5, 0.6) is 0 Å². The van der Waals surface area contributed by atoms with E-state index in [1.54, 1.807) is 0 Å². The van der Waals surface area contributed by atoms with Crippen molar-refractivity contribution in [2.75, 3.05) is 0 Å². The number of nitrogens with two attached hydrogens (primary N) is 1. The van der Waals surface area contributed by atoms with Gasteiger partial charge in [0.25, 0.3) is 0 Å². The second-order valence-electron chi connectivity index (χ2n) is 1.24. The molecule has 5 heavy (non-hydrogen) atoms. The van der Waals surface area contributed by atoms with Crippen LogP contribution in [0.1, 0.15) is 0 Å². The average Bonchev–Trinajstić information content (AvgIpc) is 0.811. The zero-order valence-corrected chi connectivity index (χ0v) is 4.31. The van der Waals surface area contributed by atoms with E-state index in [1.165, 1.54) is 0 Å². The van der Waals surface area contributed by atoms with Crippen LogP contribution in [-0.4, -0.2) is 19.9 Å². The smallest absolute Gasteiger partial charge is 0.0995 e. The van der Waals surface area contributed by atoms with Crippen LogP contribution in [0, 0.1) is 0 Å². The summed E-state index contributed by atoms with van der Waals surface area (Å²) in [5, 5.41) is 5.25. The first-order chi connectivity index (χ1) is 1.73. The Bertz CT molecular complexity index is 12.4. The Labute approximate surface area is 39.3 Å². The molecule has 0 unspecified atom stereocenters. The number of rotatable bonds is 0. The van der Waals surface area contributed by atoms with Gasteiger partial charge in [-0.15, -0.1) is 0 Å². The third kappa shape index (κ3) is 162. The first-order valence-corrected chi connectivity index (χ1v) is 4.46. The molecule has 0 fully saturated rings.